The molecule has 10 heteroatoms. The molecule has 1 amide bonds. The normalized spacial score (nSPS) is 18.0. The number of halogens is 1. The topological polar surface area (TPSA) is 118 Å². The molecule has 1 fully saturated rings. The van der Waals surface area contributed by atoms with Gasteiger partial charge in [-0.15, -0.1) is 0 Å². The number of carbonyl (C=O) groups is 1. The molecule has 212 valence electrons. The van der Waals surface area contributed by atoms with Gasteiger partial charge in [-0.3, -0.25) is 14.3 Å². The molecule has 3 unspecified atom stereocenters. The largest absolute Gasteiger partial charge is 0.508 e. The summed E-state index contributed by atoms with van der Waals surface area (Å²) >= 11 is 1.20. The Morgan fingerprint density at radius 1 is 0.902 bits per heavy atom. The van der Waals surface area contributed by atoms with Crippen LogP contribution in [0.25, 0.3) is 11.1 Å². The first-order valence-corrected chi connectivity index (χ1v) is 15.6. The number of carbonyl (C=O) groups excluding carboxylic acids is 1. The second-order valence-corrected chi connectivity index (χ2v) is 12.7. The fourth-order valence-corrected chi connectivity index (χ4v) is 6.94. The van der Waals surface area contributed by atoms with Crippen LogP contribution < -0.4 is 10.2 Å². The summed E-state index contributed by atoms with van der Waals surface area (Å²) in [5.41, 5.74) is 3.25. The quantitative estimate of drug-likeness (QED) is 0.160. The van der Waals surface area contributed by atoms with Gasteiger partial charge < -0.3 is 20.0 Å². The first kappa shape index (κ1) is 29.0. The van der Waals surface area contributed by atoms with E-state index in [1.54, 1.807) is 41.3 Å². The average molecular weight is 594 g/mol. The van der Waals surface area contributed by atoms with Crippen LogP contribution in [-0.4, -0.2) is 30.5 Å². The van der Waals surface area contributed by atoms with Crippen molar-refractivity contribution in [2.24, 2.45) is 0 Å². The zero-order chi connectivity index (χ0) is 29.1. The van der Waals surface area contributed by atoms with Crippen molar-refractivity contribution in [1.82, 2.24) is 0 Å². The van der Waals surface area contributed by atoms with Crippen molar-refractivity contribution < 1.29 is 33.7 Å². The van der Waals surface area contributed by atoms with E-state index in [1.807, 2.05) is 36.4 Å². The van der Waals surface area contributed by atoms with Crippen LogP contribution in [0, 0.1) is 5.82 Å². The summed E-state index contributed by atoms with van der Waals surface area (Å²) in [7, 11) is -4.37. The highest BCUT2D eigenvalue weighted by Crippen LogP contribution is 2.49. The van der Waals surface area contributed by atoms with Gasteiger partial charge in [0, 0.05) is 16.5 Å². The number of hydrogen-bond acceptors (Lipinski definition) is 5. The van der Waals surface area contributed by atoms with Crippen LogP contribution in [0.3, 0.4) is 0 Å². The van der Waals surface area contributed by atoms with E-state index in [0.717, 1.165) is 0 Å². The molecule has 1 aliphatic rings. The highest BCUT2D eigenvalue weighted by Gasteiger charge is 2.43. The molecule has 1 saturated heterocycles. The first-order chi connectivity index (χ1) is 19.6. The Labute approximate surface area is 241 Å². The summed E-state index contributed by atoms with van der Waals surface area (Å²) in [4.78, 5) is 33.8. The highest BCUT2D eigenvalue weighted by molar-refractivity contribution is 8.14. The number of rotatable bonds is 9. The molecule has 0 radical (unpaired) electrons. The van der Waals surface area contributed by atoms with Gasteiger partial charge in [-0.25, -0.2) is 4.39 Å². The van der Waals surface area contributed by atoms with Crippen molar-refractivity contribution in [3.05, 3.63) is 114 Å². The van der Waals surface area contributed by atoms with Crippen molar-refractivity contribution in [2.75, 3.05) is 4.90 Å². The summed E-state index contributed by atoms with van der Waals surface area (Å²) in [5, 5.41) is 21.4. The molecule has 3 atom stereocenters. The number of aromatic hydroxyl groups is 1. The Morgan fingerprint density at radius 3 is 2.20 bits per heavy atom. The van der Waals surface area contributed by atoms with Crippen LogP contribution in [0.2, 0.25) is 0 Å². The third-order valence-corrected chi connectivity index (χ3v) is 9.39. The number of nitrogens with zero attached hydrogens (tertiary/aromatic N) is 1. The predicted molar refractivity (Wildman–Crippen MR) is 159 cm³/mol. The van der Waals surface area contributed by atoms with Crippen molar-refractivity contribution in [3.8, 4) is 16.9 Å². The lowest BCUT2D eigenvalue weighted by Crippen LogP contribution is -2.29. The first-order valence-electron chi connectivity index (χ1n) is 13.1. The maximum atomic E-state index is 13.3. The van der Waals surface area contributed by atoms with Gasteiger partial charge in [0.05, 0.1) is 17.5 Å². The molecule has 0 aliphatic carbocycles. The standard InChI is InChI=1S/C31H29FNO6PS/c32-23-14-9-21(10-15-23)27(34)7-4-8-29-30(33(31(36)41-29)24-5-2-1-3-6-24)26-18-13-22(19-28(26)35)20-11-16-25(17-12-20)40(37,38)39/h1-3,5-6,9-19,27,29-30,34-35H,4,7-8H2,(H2,37,38,39). The van der Waals surface area contributed by atoms with Crippen LogP contribution in [-0.2, 0) is 4.57 Å². The molecule has 5 rings (SSSR count). The average Bonchev–Trinajstić information content (AvgIpc) is 3.28. The number of hydrogen-bond donors (Lipinski definition) is 4. The third-order valence-electron chi connectivity index (χ3n) is 7.22. The highest BCUT2D eigenvalue weighted by atomic mass is 32.2. The molecule has 0 spiro atoms. The number of phenolic OH excluding ortho intramolecular Hbond substituents is 1. The van der Waals surface area contributed by atoms with Crippen LogP contribution in [0.15, 0.2) is 97.1 Å². The number of benzene rings is 4. The molecule has 1 aliphatic heterocycles. The molecule has 0 aromatic heterocycles. The van der Waals surface area contributed by atoms with Crippen LogP contribution in [0.5, 0.6) is 5.75 Å². The molecule has 0 saturated carbocycles. The van der Waals surface area contributed by atoms with Crippen molar-refractivity contribution in [1.29, 1.82) is 0 Å². The molecular weight excluding hydrogens is 564 g/mol. The Kier molecular flexibility index (Phi) is 8.63. The van der Waals surface area contributed by atoms with Gasteiger partial charge in [-0.2, -0.15) is 0 Å². The monoisotopic (exact) mass is 593 g/mol. The van der Waals surface area contributed by atoms with Gasteiger partial charge >= 0.3 is 7.60 Å². The van der Waals surface area contributed by atoms with Crippen molar-refractivity contribution in [2.45, 2.75) is 36.7 Å². The number of amides is 1. The molecule has 41 heavy (non-hydrogen) atoms. The molecule has 4 N–H and O–H groups in total. The maximum Gasteiger partial charge on any atom is 0.356 e. The minimum atomic E-state index is -4.37. The molecule has 4 aromatic rings. The summed E-state index contributed by atoms with van der Waals surface area (Å²) < 4.78 is 24.8. The Balaban J connectivity index is 1.40. The van der Waals surface area contributed by atoms with Gasteiger partial charge in [0.25, 0.3) is 5.24 Å². The molecule has 0 bridgehead atoms. The zero-order valence-electron chi connectivity index (χ0n) is 21.9. The molecule has 4 aromatic carbocycles. The molecule has 7 nitrogen and oxygen atoms in total. The Bertz CT molecular complexity index is 1560. The maximum absolute atomic E-state index is 13.3. The third kappa shape index (κ3) is 6.56. The lowest BCUT2D eigenvalue weighted by Gasteiger charge is -2.28. The second-order valence-electron chi connectivity index (χ2n) is 9.94. The summed E-state index contributed by atoms with van der Waals surface area (Å²) in [6.07, 6.45) is 0.872. The summed E-state index contributed by atoms with van der Waals surface area (Å²) in [6.45, 7) is 0. The van der Waals surface area contributed by atoms with Crippen molar-refractivity contribution in [3.63, 3.8) is 0 Å². The van der Waals surface area contributed by atoms with Gasteiger partial charge in [-0.05, 0) is 78.4 Å². The fraction of sp³-hybridized carbons (Fsp3) is 0.194. The van der Waals surface area contributed by atoms with Gasteiger partial charge in [0.15, 0.2) is 0 Å². The van der Waals surface area contributed by atoms with Gasteiger partial charge in [0.2, 0.25) is 0 Å². The number of para-hydroxylation sites is 1. The van der Waals surface area contributed by atoms with Crippen LogP contribution in [0.1, 0.15) is 42.5 Å². The van der Waals surface area contributed by atoms with E-state index in [0.29, 0.717) is 47.2 Å². The molecular formula is C31H29FNO6PS. The number of phenols is 1. The fourth-order valence-electron chi connectivity index (χ4n) is 5.13. The van der Waals surface area contributed by atoms with Crippen LogP contribution >= 0.6 is 19.4 Å². The Hall–Kier alpha value is -3.46. The predicted octanol–water partition coefficient (Wildman–Crippen LogP) is 6.69. The zero-order valence-corrected chi connectivity index (χ0v) is 23.6. The van der Waals surface area contributed by atoms with E-state index >= 15 is 0 Å². The number of aliphatic hydroxyl groups excluding tert-OH is 1. The minimum absolute atomic E-state index is 0.000794. The second kappa shape index (κ2) is 12.2. The number of anilines is 1. The van der Waals surface area contributed by atoms with E-state index < -0.39 is 19.7 Å². The van der Waals surface area contributed by atoms with Crippen molar-refractivity contribution >= 4 is 35.6 Å². The van der Waals surface area contributed by atoms with Gasteiger partial charge in [0.1, 0.15) is 11.6 Å². The van der Waals surface area contributed by atoms with E-state index in [9.17, 15) is 33.7 Å². The van der Waals surface area contributed by atoms with E-state index in [4.69, 9.17) is 0 Å². The Morgan fingerprint density at radius 2 is 1.56 bits per heavy atom. The summed E-state index contributed by atoms with van der Waals surface area (Å²) in [5.74, 6) is -0.367. The lowest BCUT2D eigenvalue weighted by atomic mass is 9.94. The SMILES string of the molecule is O=C1SC(CCCC(O)c2ccc(F)cc2)C(c2ccc(-c3ccc(P(=O)(O)O)cc3)cc2O)N1c1ccccc1. The van der Waals surface area contributed by atoms with Gasteiger partial charge in [-0.1, -0.05) is 66.4 Å². The smallest absolute Gasteiger partial charge is 0.356 e. The van der Waals surface area contributed by atoms with E-state index in [1.165, 1.54) is 36.0 Å². The lowest BCUT2D eigenvalue weighted by molar-refractivity contribution is 0.163. The summed E-state index contributed by atoms with van der Waals surface area (Å²) in [6, 6.07) is 25.6. The minimum Gasteiger partial charge on any atom is -0.508 e. The number of thioether (sulfide) groups is 1. The number of aliphatic hydroxyl groups is 1. The van der Waals surface area contributed by atoms with E-state index in [2.05, 4.69) is 0 Å². The molecule has 1 heterocycles. The van der Waals surface area contributed by atoms with E-state index in [-0.39, 0.29) is 27.4 Å². The van der Waals surface area contributed by atoms with Crippen LogP contribution in [0.4, 0.5) is 14.9 Å².